The van der Waals surface area contributed by atoms with Crippen LogP contribution in [-0.2, 0) is 0 Å². The van der Waals surface area contributed by atoms with Crippen molar-refractivity contribution in [3.8, 4) is 44.5 Å². The van der Waals surface area contributed by atoms with Gasteiger partial charge in [-0.2, -0.15) is 0 Å². The van der Waals surface area contributed by atoms with Crippen LogP contribution in [0.2, 0.25) is 0 Å². The van der Waals surface area contributed by atoms with Crippen molar-refractivity contribution < 1.29 is 0 Å². The van der Waals surface area contributed by atoms with Crippen LogP contribution < -0.4 is 5.73 Å². The Hall–Kier alpha value is -5.14. The Morgan fingerprint density at radius 1 is 0.308 bits per heavy atom. The zero-order chi connectivity index (χ0) is 26.2. The summed E-state index contributed by atoms with van der Waals surface area (Å²) in [4.78, 5) is 0. The van der Waals surface area contributed by atoms with E-state index in [1.54, 1.807) is 0 Å². The Kier molecular flexibility index (Phi) is 5.68. The molecule has 39 heavy (non-hydrogen) atoms. The summed E-state index contributed by atoms with van der Waals surface area (Å²) in [6.07, 6.45) is 0. The van der Waals surface area contributed by atoms with Crippen molar-refractivity contribution in [1.29, 1.82) is 0 Å². The Balaban J connectivity index is 1.32. The lowest BCUT2D eigenvalue weighted by Crippen LogP contribution is -1.88. The maximum Gasteiger partial charge on any atom is 0.0314 e. The first-order chi connectivity index (χ1) is 19.2. The molecule has 0 radical (unpaired) electrons. The first kappa shape index (κ1) is 23.0. The monoisotopic (exact) mass is 497 g/mol. The van der Waals surface area contributed by atoms with Crippen LogP contribution in [0.15, 0.2) is 152 Å². The van der Waals surface area contributed by atoms with E-state index in [0.29, 0.717) is 0 Å². The van der Waals surface area contributed by atoms with Gasteiger partial charge in [-0.05, 0) is 90.3 Å². The zero-order valence-electron chi connectivity index (χ0n) is 21.5. The van der Waals surface area contributed by atoms with Crippen molar-refractivity contribution >= 4 is 27.2 Å². The fourth-order valence-electron chi connectivity index (χ4n) is 5.65. The average molecular weight is 498 g/mol. The highest BCUT2D eigenvalue weighted by Gasteiger charge is 2.12. The highest BCUT2D eigenvalue weighted by molar-refractivity contribution is 6.13. The minimum atomic E-state index is 0.781. The van der Waals surface area contributed by atoms with Crippen LogP contribution in [0.1, 0.15) is 0 Å². The van der Waals surface area contributed by atoms with Gasteiger partial charge in [0.15, 0.2) is 0 Å². The van der Waals surface area contributed by atoms with Crippen LogP contribution in [-0.4, -0.2) is 0 Å². The number of rotatable bonds is 4. The minimum absolute atomic E-state index is 0.781. The van der Waals surface area contributed by atoms with E-state index in [1.165, 1.54) is 66.1 Å². The van der Waals surface area contributed by atoms with Gasteiger partial charge in [-0.25, -0.2) is 0 Å². The second-order valence-corrected chi connectivity index (χ2v) is 10.0. The number of nitrogen functional groups attached to an aromatic ring is 1. The highest BCUT2D eigenvalue weighted by Crippen LogP contribution is 2.38. The Morgan fingerprint density at radius 2 is 0.821 bits per heavy atom. The molecule has 7 aromatic carbocycles. The molecule has 0 aliphatic rings. The first-order valence-corrected chi connectivity index (χ1v) is 13.3. The predicted molar refractivity (Wildman–Crippen MR) is 168 cm³/mol. The number of hydrogen-bond donors (Lipinski definition) is 1. The summed E-state index contributed by atoms with van der Waals surface area (Å²) in [6.45, 7) is 0. The first-order valence-electron chi connectivity index (χ1n) is 13.3. The summed E-state index contributed by atoms with van der Waals surface area (Å²) in [5.41, 5.74) is 16.4. The summed E-state index contributed by atoms with van der Waals surface area (Å²) in [6, 6.07) is 54.2. The van der Waals surface area contributed by atoms with Gasteiger partial charge in [0, 0.05) is 5.69 Å². The Morgan fingerprint density at radius 3 is 1.54 bits per heavy atom. The van der Waals surface area contributed by atoms with Gasteiger partial charge < -0.3 is 5.73 Å². The molecule has 0 spiro atoms. The van der Waals surface area contributed by atoms with Gasteiger partial charge in [0.05, 0.1) is 0 Å². The third-order valence-corrected chi connectivity index (χ3v) is 7.62. The highest BCUT2D eigenvalue weighted by atomic mass is 14.5. The van der Waals surface area contributed by atoms with E-state index in [-0.39, 0.29) is 0 Å². The standard InChI is InChI=1S/C38H27N/c39-32-22-20-27(21-23-32)26-16-18-28(19-17-26)33-11-3-4-12-34(33)29-9-7-10-30(24-29)38-25-31-8-1-2-13-35(31)36-14-5-6-15-37(36)38/h1-25H,39H2. The summed E-state index contributed by atoms with van der Waals surface area (Å²) < 4.78 is 0. The molecule has 0 fully saturated rings. The molecule has 2 N–H and O–H groups in total. The van der Waals surface area contributed by atoms with Crippen LogP contribution in [0.25, 0.3) is 66.1 Å². The second kappa shape index (κ2) is 9.63. The van der Waals surface area contributed by atoms with Gasteiger partial charge >= 0.3 is 0 Å². The van der Waals surface area contributed by atoms with E-state index in [0.717, 1.165) is 5.69 Å². The number of hydrogen-bond acceptors (Lipinski definition) is 1. The third-order valence-electron chi connectivity index (χ3n) is 7.62. The molecular weight excluding hydrogens is 470 g/mol. The Labute approximate surface area is 228 Å². The topological polar surface area (TPSA) is 26.0 Å². The van der Waals surface area contributed by atoms with Crippen molar-refractivity contribution in [3.05, 3.63) is 152 Å². The van der Waals surface area contributed by atoms with E-state index in [9.17, 15) is 0 Å². The lowest BCUT2D eigenvalue weighted by Gasteiger charge is -2.14. The predicted octanol–water partition coefficient (Wildman–Crippen LogP) is 10.2. The molecule has 0 heterocycles. The quantitative estimate of drug-likeness (QED) is 0.190. The summed E-state index contributed by atoms with van der Waals surface area (Å²) >= 11 is 0. The lowest BCUT2D eigenvalue weighted by atomic mass is 9.90. The SMILES string of the molecule is Nc1ccc(-c2ccc(-c3ccccc3-c3cccc(-c4cc5ccccc5c5ccccc45)c3)cc2)cc1. The van der Waals surface area contributed by atoms with Crippen LogP contribution in [0.5, 0.6) is 0 Å². The maximum atomic E-state index is 5.88. The van der Waals surface area contributed by atoms with Crippen molar-refractivity contribution in [1.82, 2.24) is 0 Å². The molecule has 1 nitrogen and oxygen atoms in total. The molecule has 0 amide bonds. The fourth-order valence-corrected chi connectivity index (χ4v) is 5.65. The number of nitrogens with two attached hydrogens (primary N) is 1. The van der Waals surface area contributed by atoms with Crippen LogP contribution >= 0.6 is 0 Å². The average Bonchev–Trinajstić information content (AvgIpc) is 3.01. The molecule has 7 rings (SSSR count). The van der Waals surface area contributed by atoms with Crippen LogP contribution in [0.3, 0.4) is 0 Å². The number of benzene rings is 7. The minimum Gasteiger partial charge on any atom is -0.399 e. The summed E-state index contributed by atoms with van der Waals surface area (Å²) in [7, 11) is 0. The second-order valence-electron chi connectivity index (χ2n) is 10.0. The van der Waals surface area contributed by atoms with Crippen LogP contribution in [0.4, 0.5) is 5.69 Å². The van der Waals surface area contributed by atoms with Crippen molar-refractivity contribution in [2.24, 2.45) is 0 Å². The fraction of sp³-hybridized carbons (Fsp3) is 0. The van der Waals surface area contributed by atoms with Gasteiger partial charge in [-0.15, -0.1) is 0 Å². The van der Waals surface area contributed by atoms with Gasteiger partial charge in [-0.1, -0.05) is 127 Å². The van der Waals surface area contributed by atoms with E-state index in [1.807, 2.05) is 12.1 Å². The number of anilines is 1. The van der Waals surface area contributed by atoms with Gasteiger partial charge in [0.2, 0.25) is 0 Å². The molecule has 1 heteroatoms. The van der Waals surface area contributed by atoms with E-state index in [2.05, 4.69) is 140 Å². The van der Waals surface area contributed by atoms with Gasteiger partial charge in [0.1, 0.15) is 0 Å². The largest absolute Gasteiger partial charge is 0.399 e. The van der Waals surface area contributed by atoms with E-state index in [4.69, 9.17) is 5.73 Å². The van der Waals surface area contributed by atoms with Gasteiger partial charge in [0.25, 0.3) is 0 Å². The molecule has 0 aliphatic heterocycles. The zero-order valence-corrected chi connectivity index (χ0v) is 21.5. The molecular formula is C38H27N. The Bertz CT molecular complexity index is 1950. The van der Waals surface area contributed by atoms with Crippen LogP contribution in [0, 0.1) is 0 Å². The molecule has 0 bridgehead atoms. The molecule has 0 unspecified atom stereocenters. The summed E-state index contributed by atoms with van der Waals surface area (Å²) in [5, 5.41) is 5.12. The smallest absolute Gasteiger partial charge is 0.0314 e. The molecule has 0 atom stereocenters. The summed E-state index contributed by atoms with van der Waals surface area (Å²) in [5.74, 6) is 0. The molecule has 0 aliphatic carbocycles. The molecule has 7 aromatic rings. The van der Waals surface area contributed by atoms with Crippen molar-refractivity contribution in [3.63, 3.8) is 0 Å². The molecule has 0 aromatic heterocycles. The van der Waals surface area contributed by atoms with Crippen molar-refractivity contribution in [2.75, 3.05) is 5.73 Å². The van der Waals surface area contributed by atoms with E-state index >= 15 is 0 Å². The van der Waals surface area contributed by atoms with E-state index < -0.39 is 0 Å². The molecule has 0 saturated carbocycles. The lowest BCUT2D eigenvalue weighted by molar-refractivity contribution is 1.56. The van der Waals surface area contributed by atoms with Crippen molar-refractivity contribution in [2.45, 2.75) is 0 Å². The maximum absolute atomic E-state index is 5.88. The third kappa shape index (κ3) is 4.24. The molecule has 0 saturated heterocycles. The number of fused-ring (bicyclic) bond motifs is 3. The van der Waals surface area contributed by atoms with Gasteiger partial charge in [-0.3, -0.25) is 0 Å². The normalized spacial score (nSPS) is 11.2. The molecule has 184 valence electrons.